The van der Waals surface area contributed by atoms with Gasteiger partial charge >= 0.3 is 0 Å². The van der Waals surface area contributed by atoms with E-state index in [9.17, 15) is 4.39 Å². The molecule has 18 heavy (non-hydrogen) atoms. The van der Waals surface area contributed by atoms with E-state index in [1.54, 1.807) is 13.0 Å². The molecule has 1 aromatic carbocycles. The van der Waals surface area contributed by atoms with E-state index in [1.165, 1.54) is 18.3 Å². The first-order valence-corrected chi connectivity index (χ1v) is 6.19. The van der Waals surface area contributed by atoms with Crippen LogP contribution in [0.5, 0.6) is 11.6 Å². The van der Waals surface area contributed by atoms with Crippen LogP contribution in [0.2, 0.25) is 5.02 Å². The average molecular weight is 332 g/mol. The van der Waals surface area contributed by atoms with Crippen LogP contribution in [-0.2, 0) is 0 Å². The Labute approximate surface area is 117 Å². The first kappa shape index (κ1) is 13.1. The number of nitrogens with zero attached hydrogens (tertiary/aromatic N) is 1. The number of ether oxygens (including phenoxy) is 1. The summed E-state index contributed by atoms with van der Waals surface area (Å²) in [6.07, 6.45) is 1.42. The van der Waals surface area contributed by atoms with Crippen molar-refractivity contribution in [1.29, 1.82) is 0 Å². The number of aromatic nitrogens is 1. The van der Waals surface area contributed by atoms with Crippen molar-refractivity contribution in [2.45, 2.75) is 6.92 Å². The Hall–Kier alpha value is -1.33. The van der Waals surface area contributed by atoms with E-state index in [-0.39, 0.29) is 11.6 Å². The Balaban J connectivity index is 2.37. The van der Waals surface area contributed by atoms with E-state index in [1.807, 2.05) is 0 Å². The predicted molar refractivity (Wildman–Crippen MR) is 72.6 cm³/mol. The molecule has 0 aliphatic carbocycles. The number of aryl methyl sites for hydroxylation is 1. The SMILES string of the molecule is Cc1cc(Oc2ncc(Cl)cc2Br)c(F)cc1N. The van der Waals surface area contributed by atoms with Crippen molar-refractivity contribution in [3.8, 4) is 11.6 Å². The Morgan fingerprint density at radius 1 is 1.39 bits per heavy atom. The fraction of sp³-hybridized carbons (Fsp3) is 0.0833. The van der Waals surface area contributed by atoms with Gasteiger partial charge < -0.3 is 10.5 Å². The van der Waals surface area contributed by atoms with Crippen LogP contribution in [-0.4, -0.2) is 4.98 Å². The van der Waals surface area contributed by atoms with Crippen molar-refractivity contribution in [1.82, 2.24) is 4.98 Å². The lowest BCUT2D eigenvalue weighted by Gasteiger charge is -2.09. The third-order valence-electron chi connectivity index (χ3n) is 2.30. The van der Waals surface area contributed by atoms with Crippen LogP contribution in [0.25, 0.3) is 0 Å². The largest absolute Gasteiger partial charge is 0.435 e. The molecule has 0 radical (unpaired) electrons. The summed E-state index contributed by atoms with van der Waals surface area (Å²) in [5.74, 6) is -0.235. The van der Waals surface area contributed by atoms with Gasteiger partial charge in [-0.2, -0.15) is 0 Å². The molecule has 0 aliphatic rings. The highest BCUT2D eigenvalue weighted by Crippen LogP contribution is 2.32. The lowest BCUT2D eigenvalue weighted by Crippen LogP contribution is -1.96. The van der Waals surface area contributed by atoms with E-state index in [4.69, 9.17) is 22.1 Å². The molecule has 1 heterocycles. The minimum absolute atomic E-state index is 0.0669. The number of rotatable bonds is 2. The van der Waals surface area contributed by atoms with Gasteiger partial charge in [0.2, 0.25) is 5.88 Å². The first-order valence-electron chi connectivity index (χ1n) is 5.02. The number of halogens is 3. The number of hydrogen-bond acceptors (Lipinski definition) is 3. The number of nitrogens with two attached hydrogens (primary N) is 1. The molecule has 2 rings (SSSR count). The van der Waals surface area contributed by atoms with Gasteiger partial charge in [-0.05, 0) is 40.5 Å². The second-order valence-corrected chi connectivity index (χ2v) is 4.97. The maximum atomic E-state index is 13.7. The zero-order chi connectivity index (χ0) is 13.3. The lowest BCUT2D eigenvalue weighted by molar-refractivity contribution is 0.425. The monoisotopic (exact) mass is 330 g/mol. The van der Waals surface area contributed by atoms with Crippen LogP contribution in [0, 0.1) is 12.7 Å². The van der Waals surface area contributed by atoms with Crippen LogP contribution in [0.4, 0.5) is 10.1 Å². The van der Waals surface area contributed by atoms with E-state index in [2.05, 4.69) is 20.9 Å². The fourth-order valence-corrected chi connectivity index (χ4v) is 2.05. The third-order valence-corrected chi connectivity index (χ3v) is 3.08. The Morgan fingerprint density at radius 3 is 2.78 bits per heavy atom. The van der Waals surface area contributed by atoms with Gasteiger partial charge in [0.1, 0.15) is 0 Å². The molecule has 3 nitrogen and oxygen atoms in total. The van der Waals surface area contributed by atoms with Gasteiger partial charge in [0, 0.05) is 18.0 Å². The lowest BCUT2D eigenvalue weighted by atomic mass is 10.2. The molecule has 1 aromatic heterocycles. The van der Waals surface area contributed by atoms with Gasteiger partial charge in [0.05, 0.1) is 9.50 Å². The maximum Gasteiger partial charge on any atom is 0.233 e. The summed E-state index contributed by atoms with van der Waals surface area (Å²) in [4.78, 5) is 3.97. The number of benzene rings is 1. The van der Waals surface area contributed by atoms with Crippen molar-refractivity contribution < 1.29 is 9.13 Å². The molecule has 0 amide bonds. The van der Waals surface area contributed by atoms with E-state index in [0.717, 1.165) is 5.56 Å². The summed E-state index contributed by atoms with van der Waals surface area (Å²) in [6.45, 7) is 1.77. The summed E-state index contributed by atoms with van der Waals surface area (Å²) in [6, 6.07) is 4.35. The standard InChI is InChI=1S/C12H9BrClFN2O/c1-6-2-11(9(15)4-10(6)16)18-12-8(13)3-7(14)5-17-12/h2-5H,16H2,1H3. The molecular weight excluding hydrogens is 323 g/mol. The molecule has 0 bridgehead atoms. The van der Waals surface area contributed by atoms with Crippen molar-refractivity contribution in [2.24, 2.45) is 0 Å². The number of nitrogen functional groups attached to an aromatic ring is 1. The van der Waals surface area contributed by atoms with Gasteiger partial charge in [0.25, 0.3) is 0 Å². The van der Waals surface area contributed by atoms with Gasteiger partial charge in [-0.1, -0.05) is 11.6 Å². The minimum Gasteiger partial charge on any atom is -0.435 e. The summed E-state index contributed by atoms with van der Waals surface area (Å²) in [7, 11) is 0. The van der Waals surface area contributed by atoms with Gasteiger partial charge in [-0.25, -0.2) is 9.37 Å². The summed E-state index contributed by atoms with van der Waals surface area (Å²) >= 11 is 9.00. The molecule has 94 valence electrons. The molecular formula is C12H9BrClFN2O. The molecule has 0 saturated carbocycles. The second kappa shape index (κ2) is 5.12. The first-order chi connectivity index (χ1) is 8.47. The van der Waals surface area contributed by atoms with Gasteiger partial charge in [-0.15, -0.1) is 0 Å². The summed E-state index contributed by atoms with van der Waals surface area (Å²) in [5.41, 5.74) is 6.71. The smallest absolute Gasteiger partial charge is 0.233 e. The number of hydrogen-bond donors (Lipinski definition) is 1. The molecule has 6 heteroatoms. The van der Waals surface area contributed by atoms with Crippen molar-refractivity contribution in [2.75, 3.05) is 5.73 Å². The maximum absolute atomic E-state index is 13.7. The molecule has 0 unspecified atom stereocenters. The second-order valence-electron chi connectivity index (χ2n) is 3.68. The highest BCUT2D eigenvalue weighted by molar-refractivity contribution is 9.10. The highest BCUT2D eigenvalue weighted by atomic mass is 79.9. The topological polar surface area (TPSA) is 48.1 Å². The normalized spacial score (nSPS) is 10.4. The van der Waals surface area contributed by atoms with Crippen LogP contribution in [0.1, 0.15) is 5.56 Å². The molecule has 0 atom stereocenters. The average Bonchev–Trinajstić information content (AvgIpc) is 2.29. The zero-order valence-corrected chi connectivity index (χ0v) is 11.7. The fourth-order valence-electron chi connectivity index (χ4n) is 1.33. The number of anilines is 1. The Bertz CT molecular complexity index is 607. The van der Waals surface area contributed by atoms with Gasteiger partial charge in [-0.3, -0.25) is 0 Å². The molecule has 0 aliphatic heterocycles. The molecule has 2 aromatic rings. The van der Waals surface area contributed by atoms with Crippen LogP contribution >= 0.6 is 27.5 Å². The van der Waals surface area contributed by atoms with Crippen molar-refractivity contribution >= 4 is 33.2 Å². The Kier molecular flexibility index (Phi) is 3.73. The molecule has 2 N–H and O–H groups in total. The predicted octanol–water partition coefficient (Wildman–Crippen LogP) is 4.32. The highest BCUT2D eigenvalue weighted by Gasteiger charge is 2.11. The van der Waals surface area contributed by atoms with Crippen LogP contribution in [0.3, 0.4) is 0 Å². The van der Waals surface area contributed by atoms with E-state index >= 15 is 0 Å². The third kappa shape index (κ3) is 2.73. The van der Waals surface area contributed by atoms with Crippen LogP contribution in [0.15, 0.2) is 28.9 Å². The van der Waals surface area contributed by atoms with Crippen molar-refractivity contribution in [3.63, 3.8) is 0 Å². The van der Waals surface area contributed by atoms with Crippen LogP contribution < -0.4 is 10.5 Å². The molecule has 0 fully saturated rings. The van der Waals surface area contributed by atoms with E-state index in [0.29, 0.717) is 15.2 Å². The molecule has 0 saturated heterocycles. The minimum atomic E-state index is -0.540. The molecule has 0 spiro atoms. The van der Waals surface area contributed by atoms with Gasteiger partial charge in [0.15, 0.2) is 11.6 Å². The van der Waals surface area contributed by atoms with E-state index < -0.39 is 5.82 Å². The summed E-state index contributed by atoms with van der Waals surface area (Å²) in [5, 5.41) is 0.461. The van der Waals surface area contributed by atoms with Crippen molar-refractivity contribution in [3.05, 3.63) is 45.3 Å². The number of pyridine rings is 1. The Morgan fingerprint density at radius 2 is 2.11 bits per heavy atom. The zero-order valence-electron chi connectivity index (χ0n) is 9.38. The quantitative estimate of drug-likeness (QED) is 0.834. The summed E-state index contributed by atoms with van der Waals surface area (Å²) < 4.78 is 19.6.